The molecule has 0 bridgehead atoms. The van der Waals surface area contributed by atoms with E-state index < -0.39 is 0 Å². The molecule has 0 fully saturated rings. The quantitative estimate of drug-likeness (QED) is 0.636. The van der Waals surface area contributed by atoms with E-state index in [1.165, 1.54) is 29.3 Å². The van der Waals surface area contributed by atoms with Gasteiger partial charge in [0.15, 0.2) is 0 Å². The number of benzene rings is 2. The fourth-order valence-corrected chi connectivity index (χ4v) is 5.41. The standard InChI is InChI=1S/C20H17ClN2OSe/c21-14-7-5-6-13(12-14)20(24)22-17-10-3-1-8-15(17)19-16-9-2-4-11-18(16)25-23-19/h1,3,5-8,10,12H,2,4,9,11H2,(H,22,24). The summed E-state index contributed by atoms with van der Waals surface area (Å²) in [6.07, 6.45) is 4.79. The molecule has 126 valence electrons. The maximum absolute atomic E-state index is 12.6. The third-order valence-corrected chi connectivity index (χ3v) is 6.68. The van der Waals surface area contributed by atoms with Crippen molar-refractivity contribution in [3.63, 3.8) is 0 Å². The molecule has 25 heavy (non-hydrogen) atoms. The van der Waals surface area contributed by atoms with Crippen LogP contribution in [0, 0.1) is 0 Å². The van der Waals surface area contributed by atoms with E-state index in [2.05, 4.69) is 5.32 Å². The number of carbonyl (C=O) groups excluding carboxylic acids is 1. The van der Waals surface area contributed by atoms with Gasteiger partial charge in [0.25, 0.3) is 0 Å². The Hall–Kier alpha value is -1.87. The van der Waals surface area contributed by atoms with E-state index in [4.69, 9.17) is 15.6 Å². The van der Waals surface area contributed by atoms with Crippen LogP contribution in [0.15, 0.2) is 48.5 Å². The summed E-state index contributed by atoms with van der Waals surface area (Å²) in [5, 5.41) is 3.59. The van der Waals surface area contributed by atoms with Gasteiger partial charge < -0.3 is 0 Å². The molecular formula is C20H17ClN2OSe. The number of hydrogen-bond acceptors (Lipinski definition) is 2. The van der Waals surface area contributed by atoms with E-state index in [9.17, 15) is 4.79 Å². The molecular weight excluding hydrogens is 399 g/mol. The zero-order valence-corrected chi connectivity index (χ0v) is 16.1. The summed E-state index contributed by atoms with van der Waals surface area (Å²) in [5.74, 6) is -0.156. The van der Waals surface area contributed by atoms with Crippen molar-refractivity contribution in [1.29, 1.82) is 0 Å². The van der Waals surface area contributed by atoms with Gasteiger partial charge in [-0.2, -0.15) is 0 Å². The van der Waals surface area contributed by atoms with E-state index in [1.807, 2.05) is 24.3 Å². The Morgan fingerprint density at radius 3 is 2.80 bits per heavy atom. The van der Waals surface area contributed by atoms with Crippen molar-refractivity contribution in [1.82, 2.24) is 3.98 Å². The molecule has 0 unspecified atom stereocenters. The van der Waals surface area contributed by atoms with Gasteiger partial charge in [0.05, 0.1) is 0 Å². The normalized spacial score (nSPS) is 13.3. The van der Waals surface area contributed by atoms with Crippen molar-refractivity contribution in [3.05, 3.63) is 69.1 Å². The topological polar surface area (TPSA) is 42.0 Å². The molecule has 5 heteroatoms. The van der Waals surface area contributed by atoms with Gasteiger partial charge in [-0.05, 0) is 0 Å². The summed E-state index contributed by atoms with van der Waals surface area (Å²) >= 11 is 6.22. The first-order valence-electron chi connectivity index (χ1n) is 8.36. The number of carbonyl (C=O) groups is 1. The summed E-state index contributed by atoms with van der Waals surface area (Å²) in [7, 11) is 0. The average molecular weight is 416 g/mol. The number of para-hydroxylation sites is 1. The summed E-state index contributed by atoms with van der Waals surface area (Å²) in [4.78, 5) is 12.6. The minimum atomic E-state index is -0.156. The molecule has 2 aromatic carbocycles. The van der Waals surface area contributed by atoms with Crippen molar-refractivity contribution >= 4 is 37.9 Å². The van der Waals surface area contributed by atoms with Gasteiger partial charge in [-0.15, -0.1) is 0 Å². The van der Waals surface area contributed by atoms with Crippen LogP contribution in [-0.4, -0.2) is 24.6 Å². The van der Waals surface area contributed by atoms with E-state index in [0.717, 1.165) is 23.4 Å². The summed E-state index contributed by atoms with van der Waals surface area (Å²) in [6.45, 7) is 0. The zero-order chi connectivity index (χ0) is 17.2. The van der Waals surface area contributed by atoms with Crippen molar-refractivity contribution in [3.8, 4) is 11.3 Å². The molecule has 0 radical (unpaired) electrons. The third kappa shape index (κ3) is 3.43. The first-order chi connectivity index (χ1) is 12.2. The molecule has 4 rings (SSSR count). The monoisotopic (exact) mass is 416 g/mol. The number of halogens is 1. The van der Waals surface area contributed by atoms with E-state index in [0.29, 0.717) is 10.6 Å². The van der Waals surface area contributed by atoms with Crippen LogP contribution in [0.4, 0.5) is 5.69 Å². The maximum atomic E-state index is 12.6. The summed E-state index contributed by atoms with van der Waals surface area (Å²) in [5.41, 5.74) is 4.87. The molecule has 0 saturated heterocycles. The van der Waals surface area contributed by atoms with Crippen LogP contribution in [0.25, 0.3) is 11.3 Å². The van der Waals surface area contributed by atoms with Crippen LogP contribution in [0.2, 0.25) is 5.02 Å². The van der Waals surface area contributed by atoms with Gasteiger partial charge in [0.1, 0.15) is 0 Å². The van der Waals surface area contributed by atoms with Crippen molar-refractivity contribution in [2.45, 2.75) is 25.7 Å². The Bertz CT molecular complexity index is 935. The number of aryl methyl sites for hydroxylation is 1. The number of nitrogens with one attached hydrogen (secondary N) is 1. The number of hydrogen-bond donors (Lipinski definition) is 1. The van der Waals surface area contributed by atoms with Crippen LogP contribution in [0.3, 0.4) is 0 Å². The Labute approximate surface area is 158 Å². The number of nitrogens with zero attached hydrogens (tertiary/aromatic N) is 1. The van der Waals surface area contributed by atoms with Gasteiger partial charge in [-0.3, -0.25) is 0 Å². The SMILES string of the molecule is O=C(Nc1ccccc1-c1n[se]c2c1CCCC2)c1cccc(Cl)c1. The van der Waals surface area contributed by atoms with Gasteiger partial charge in [0.2, 0.25) is 0 Å². The fourth-order valence-electron chi connectivity index (χ4n) is 3.22. The molecule has 0 atom stereocenters. The van der Waals surface area contributed by atoms with Gasteiger partial charge >= 0.3 is 158 Å². The van der Waals surface area contributed by atoms with Crippen LogP contribution in [-0.2, 0) is 12.8 Å². The molecule has 1 heterocycles. The number of amides is 1. The first-order valence-corrected chi connectivity index (χ1v) is 10.4. The molecule has 1 aliphatic rings. The predicted molar refractivity (Wildman–Crippen MR) is 103 cm³/mol. The average Bonchev–Trinajstić information content (AvgIpc) is 3.06. The van der Waals surface area contributed by atoms with Crippen molar-refractivity contribution < 1.29 is 4.79 Å². The van der Waals surface area contributed by atoms with Crippen LogP contribution >= 0.6 is 11.6 Å². The van der Waals surface area contributed by atoms with Gasteiger partial charge in [0, 0.05) is 0 Å². The van der Waals surface area contributed by atoms with Crippen LogP contribution < -0.4 is 5.32 Å². The third-order valence-electron chi connectivity index (χ3n) is 4.47. The number of aromatic nitrogens is 1. The molecule has 0 saturated carbocycles. The molecule has 0 spiro atoms. The number of anilines is 1. The van der Waals surface area contributed by atoms with E-state index in [-0.39, 0.29) is 20.6 Å². The Balaban J connectivity index is 1.68. The Morgan fingerprint density at radius 1 is 1.08 bits per heavy atom. The second-order valence-corrected chi connectivity index (χ2v) is 8.39. The van der Waals surface area contributed by atoms with E-state index >= 15 is 0 Å². The summed E-state index contributed by atoms with van der Waals surface area (Å²) < 4.78 is 6.37. The molecule has 1 N–H and O–H groups in total. The molecule has 3 aromatic rings. The second kappa shape index (κ2) is 7.17. The van der Waals surface area contributed by atoms with Gasteiger partial charge in [-0.1, -0.05) is 0 Å². The molecule has 1 aromatic heterocycles. The number of rotatable bonds is 3. The molecule has 1 aliphatic carbocycles. The van der Waals surface area contributed by atoms with Crippen molar-refractivity contribution in [2.75, 3.05) is 5.32 Å². The Morgan fingerprint density at radius 2 is 1.92 bits per heavy atom. The first kappa shape index (κ1) is 16.6. The van der Waals surface area contributed by atoms with Crippen molar-refractivity contribution in [2.24, 2.45) is 0 Å². The minimum absolute atomic E-state index is 0.156. The predicted octanol–water partition coefficient (Wildman–Crippen LogP) is 4.59. The van der Waals surface area contributed by atoms with Crippen LogP contribution in [0.1, 0.15) is 33.2 Å². The number of fused-ring (bicyclic) bond motifs is 1. The van der Waals surface area contributed by atoms with E-state index in [1.54, 1.807) is 24.3 Å². The molecule has 0 aliphatic heterocycles. The Kier molecular flexibility index (Phi) is 4.76. The zero-order valence-electron chi connectivity index (χ0n) is 13.6. The fraction of sp³-hybridized carbons (Fsp3) is 0.200. The molecule has 3 nitrogen and oxygen atoms in total. The van der Waals surface area contributed by atoms with Crippen LogP contribution in [0.5, 0.6) is 0 Å². The second-order valence-electron chi connectivity index (χ2n) is 6.15. The van der Waals surface area contributed by atoms with Gasteiger partial charge in [-0.25, -0.2) is 0 Å². The summed E-state index contributed by atoms with van der Waals surface area (Å²) in [6, 6.07) is 14.9. The molecule has 1 amide bonds.